The van der Waals surface area contributed by atoms with Gasteiger partial charge in [0.1, 0.15) is 0 Å². The van der Waals surface area contributed by atoms with Crippen molar-refractivity contribution >= 4 is 64.7 Å². The van der Waals surface area contributed by atoms with Crippen LogP contribution in [0.5, 0.6) is 0 Å². The standard InChI is InChI=1S/C8H4Cl2O4.Na/c9-4-2-1-3(7(11)12)5(6(4)10)8(13)14;/h1-2H,(H,11,12)(H,13,14);. The molecule has 75 valence electrons. The molecule has 1 aromatic rings. The van der Waals surface area contributed by atoms with E-state index >= 15 is 0 Å². The molecule has 7 heteroatoms. The second-order valence-electron chi connectivity index (χ2n) is 2.39. The molecule has 0 aromatic heterocycles. The summed E-state index contributed by atoms with van der Waals surface area (Å²) in [6, 6.07) is 2.33. The van der Waals surface area contributed by atoms with Crippen molar-refractivity contribution in [2.24, 2.45) is 0 Å². The fraction of sp³-hybridized carbons (Fsp3) is 0. The van der Waals surface area contributed by atoms with Crippen LogP contribution in [0.4, 0.5) is 0 Å². The van der Waals surface area contributed by atoms with Crippen molar-refractivity contribution < 1.29 is 19.8 Å². The summed E-state index contributed by atoms with van der Waals surface area (Å²) in [6.45, 7) is 0. The second kappa shape index (κ2) is 5.72. The van der Waals surface area contributed by atoms with E-state index in [0.29, 0.717) is 0 Å². The Bertz CT molecular complexity index is 419. The van der Waals surface area contributed by atoms with Crippen LogP contribution in [0.25, 0.3) is 0 Å². The summed E-state index contributed by atoms with van der Waals surface area (Å²) in [4.78, 5) is 21.3. The molecule has 0 bridgehead atoms. The molecule has 0 atom stereocenters. The monoisotopic (exact) mass is 257 g/mol. The molecule has 2 N–H and O–H groups in total. The SMILES string of the molecule is O=C(O)c1ccc(Cl)c(Cl)c1C(=O)O.[Na]. The van der Waals surface area contributed by atoms with Crippen LogP contribution >= 0.6 is 23.2 Å². The van der Waals surface area contributed by atoms with Crippen molar-refractivity contribution in [3.05, 3.63) is 33.3 Å². The maximum Gasteiger partial charge on any atom is 0.338 e. The number of benzene rings is 1. The minimum absolute atomic E-state index is 0. The van der Waals surface area contributed by atoms with Crippen LogP contribution in [0, 0.1) is 0 Å². The van der Waals surface area contributed by atoms with E-state index in [9.17, 15) is 9.59 Å². The molecule has 0 amide bonds. The van der Waals surface area contributed by atoms with Gasteiger partial charge in [-0.25, -0.2) is 9.59 Å². The molecule has 1 aromatic carbocycles. The van der Waals surface area contributed by atoms with Gasteiger partial charge in [0, 0.05) is 29.6 Å². The first-order chi connectivity index (χ1) is 6.45. The Morgan fingerprint density at radius 3 is 2.00 bits per heavy atom. The number of aromatic carboxylic acids is 2. The Hall–Kier alpha value is -0.260. The number of halogens is 2. The third-order valence-corrected chi connectivity index (χ3v) is 2.34. The number of carbonyl (C=O) groups is 2. The largest absolute Gasteiger partial charge is 0.478 e. The molecule has 0 aliphatic rings. The Morgan fingerprint density at radius 1 is 1.07 bits per heavy atom. The van der Waals surface area contributed by atoms with Gasteiger partial charge in [0.2, 0.25) is 0 Å². The van der Waals surface area contributed by atoms with Crippen LogP contribution in [-0.2, 0) is 0 Å². The van der Waals surface area contributed by atoms with E-state index in [0.717, 1.165) is 6.07 Å². The summed E-state index contributed by atoms with van der Waals surface area (Å²) in [5, 5.41) is 17.1. The third kappa shape index (κ3) is 3.09. The predicted octanol–water partition coefficient (Wildman–Crippen LogP) is 2.01. The fourth-order valence-electron chi connectivity index (χ4n) is 0.938. The van der Waals surface area contributed by atoms with E-state index in [1.54, 1.807) is 0 Å². The maximum absolute atomic E-state index is 10.7. The van der Waals surface area contributed by atoms with Gasteiger partial charge in [-0.15, -0.1) is 0 Å². The summed E-state index contributed by atoms with van der Waals surface area (Å²) in [5.74, 6) is -2.78. The first-order valence-corrected chi connectivity index (χ1v) is 4.15. The molecular weight excluding hydrogens is 254 g/mol. The van der Waals surface area contributed by atoms with Gasteiger partial charge < -0.3 is 10.2 Å². The molecule has 0 fully saturated rings. The molecule has 0 spiro atoms. The molecule has 0 aliphatic heterocycles. The zero-order valence-corrected chi connectivity index (χ0v) is 11.1. The number of hydrogen-bond acceptors (Lipinski definition) is 2. The number of carboxylic acid groups (broad SMARTS) is 2. The van der Waals surface area contributed by atoms with Crippen molar-refractivity contribution in [1.82, 2.24) is 0 Å². The summed E-state index contributed by atoms with van der Waals surface area (Å²) in [5.41, 5.74) is -0.876. The topological polar surface area (TPSA) is 74.6 Å². The molecule has 0 unspecified atom stereocenters. The number of rotatable bonds is 2. The summed E-state index contributed by atoms with van der Waals surface area (Å²) >= 11 is 11.1. The Morgan fingerprint density at radius 2 is 1.60 bits per heavy atom. The zero-order chi connectivity index (χ0) is 10.9. The van der Waals surface area contributed by atoms with E-state index in [4.69, 9.17) is 33.4 Å². The molecule has 0 saturated heterocycles. The van der Waals surface area contributed by atoms with Crippen molar-refractivity contribution in [1.29, 1.82) is 0 Å². The molecule has 0 heterocycles. The van der Waals surface area contributed by atoms with Gasteiger partial charge in [0.05, 0.1) is 21.2 Å². The van der Waals surface area contributed by atoms with Crippen LogP contribution in [0.2, 0.25) is 10.0 Å². The minimum atomic E-state index is -1.42. The first-order valence-electron chi connectivity index (χ1n) is 3.39. The smallest absolute Gasteiger partial charge is 0.338 e. The molecule has 15 heavy (non-hydrogen) atoms. The van der Waals surface area contributed by atoms with E-state index < -0.39 is 17.5 Å². The molecule has 0 aliphatic carbocycles. The molecule has 0 saturated carbocycles. The molecular formula is C8H4Cl2NaO4. The maximum atomic E-state index is 10.7. The Kier molecular flexibility index (Phi) is 5.62. The average molecular weight is 258 g/mol. The quantitative estimate of drug-likeness (QED) is 0.795. The normalized spacial score (nSPS) is 9.20. The Balaban J connectivity index is 0.00000196. The summed E-state index contributed by atoms with van der Waals surface area (Å²) in [6.07, 6.45) is 0. The Labute approximate surface area is 117 Å². The van der Waals surface area contributed by atoms with E-state index in [-0.39, 0.29) is 45.2 Å². The van der Waals surface area contributed by atoms with Crippen LogP contribution in [0.3, 0.4) is 0 Å². The second-order valence-corrected chi connectivity index (χ2v) is 3.18. The van der Waals surface area contributed by atoms with Gasteiger partial charge in [-0.2, -0.15) is 0 Å². The molecule has 1 rings (SSSR count). The van der Waals surface area contributed by atoms with Crippen molar-refractivity contribution in [3.63, 3.8) is 0 Å². The van der Waals surface area contributed by atoms with Crippen molar-refractivity contribution in [2.45, 2.75) is 0 Å². The zero-order valence-electron chi connectivity index (χ0n) is 7.62. The van der Waals surface area contributed by atoms with Gasteiger partial charge in [-0.05, 0) is 12.1 Å². The predicted molar refractivity (Wildman–Crippen MR) is 56.1 cm³/mol. The summed E-state index contributed by atoms with van der Waals surface area (Å²) < 4.78 is 0. The van der Waals surface area contributed by atoms with Crippen LogP contribution in [0.1, 0.15) is 20.7 Å². The van der Waals surface area contributed by atoms with E-state index in [1.165, 1.54) is 6.07 Å². The third-order valence-electron chi connectivity index (χ3n) is 1.54. The first kappa shape index (κ1) is 14.7. The van der Waals surface area contributed by atoms with Crippen LogP contribution < -0.4 is 0 Å². The van der Waals surface area contributed by atoms with Crippen LogP contribution in [-0.4, -0.2) is 51.7 Å². The molecule has 4 nitrogen and oxygen atoms in total. The van der Waals surface area contributed by atoms with Gasteiger partial charge in [-0.1, -0.05) is 23.2 Å². The number of hydrogen-bond donors (Lipinski definition) is 2. The van der Waals surface area contributed by atoms with Crippen molar-refractivity contribution in [2.75, 3.05) is 0 Å². The number of carboxylic acids is 2. The van der Waals surface area contributed by atoms with E-state index in [1.807, 2.05) is 0 Å². The van der Waals surface area contributed by atoms with Gasteiger partial charge >= 0.3 is 11.9 Å². The van der Waals surface area contributed by atoms with E-state index in [2.05, 4.69) is 0 Å². The minimum Gasteiger partial charge on any atom is -0.478 e. The van der Waals surface area contributed by atoms with Gasteiger partial charge in [-0.3, -0.25) is 0 Å². The van der Waals surface area contributed by atoms with Gasteiger partial charge in [0.15, 0.2) is 0 Å². The van der Waals surface area contributed by atoms with Crippen molar-refractivity contribution in [3.8, 4) is 0 Å². The van der Waals surface area contributed by atoms with Gasteiger partial charge in [0.25, 0.3) is 0 Å². The average Bonchev–Trinajstić information content (AvgIpc) is 2.08. The fourth-order valence-corrected chi connectivity index (χ4v) is 1.34. The summed E-state index contributed by atoms with van der Waals surface area (Å²) in [7, 11) is 0. The molecule has 1 radical (unpaired) electrons. The van der Waals surface area contributed by atoms with Crippen LogP contribution in [0.15, 0.2) is 12.1 Å².